The Bertz CT molecular complexity index is 462. The van der Waals surface area contributed by atoms with E-state index < -0.39 is 15.3 Å². The van der Waals surface area contributed by atoms with Gasteiger partial charge in [-0.1, -0.05) is 6.92 Å². The van der Waals surface area contributed by atoms with E-state index in [0.717, 1.165) is 18.5 Å². The lowest BCUT2D eigenvalue weighted by Crippen LogP contribution is -2.40. The zero-order valence-corrected chi connectivity index (χ0v) is 12.7. The number of hydrogen-bond donors (Lipinski definition) is 1. The van der Waals surface area contributed by atoms with Gasteiger partial charge in [0.1, 0.15) is 0 Å². The lowest BCUT2D eigenvalue weighted by molar-refractivity contribution is 0.453. The Morgan fingerprint density at radius 2 is 2.00 bits per heavy atom. The predicted molar refractivity (Wildman–Crippen MR) is 77.2 cm³/mol. The van der Waals surface area contributed by atoms with Gasteiger partial charge >= 0.3 is 0 Å². The second kappa shape index (κ2) is 7.57. The zero-order valence-electron chi connectivity index (χ0n) is 11.8. The molecule has 108 valence electrons. The van der Waals surface area contributed by atoms with Gasteiger partial charge < -0.3 is 5.32 Å². The van der Waals surface area contributed by atoms with Crippen molar-refractivity contribution in [1.29, 1.82) is 0 Å². The van der Waals surface area contributed by atoms with Crippen LogP contribution in [0.2, 0.25) is 0 Å². The highest BCUT2D eigenvalue weighted by Gasteiger charge is 2.25. The lowest BCUT2D eigenvalue weighted by atomic mass is 10.3. The van der Waals surface area contributed by atoms with Crippen LogP contribution in [0, 0.1) is 0 Å². The molecule has 0 saturated heterocycles. The fraction of sp³-hybridized carbons (Fsp3) is 0.615. The van der Waals surface area contributed by atoms with Crippen molar-refractivity contribution in [1.82, 2.24) is 14.6 Å². The molecule has 5 nitrogen and oxygen atoms in total. The summed E-state index contributed by atoms with van der Waals surface area (Å²) in [4.78, 5) is 3.92. The van der Waals surface area contributed by atoms with Crippen LogP contribution >= 0.6 is 0 Å². The molecule has 0 radical (unpaired) electrons. The quantitative estimate of drug-likeness (QED) is 0.730. The third-order valence-electron chi connectivity index (χ3n) is 2.96. The normalized spacial score (nSPS) is 13.7. The summed E-state index contributed by atoms with van der Waals surface area (Å²) in [6.45, 7) is 5.50. The molecule has 0 spiro atoms. The first-order valence-electron chi connectivity index (χ1n) is 6.53. The molecule has 0 aromatic carbocycles. The van der Waals surface area contributed by atoms with E-state index in [4.69, 9.17) is 0 Å². The molecule has 1 unspecified atom stereocenters. The highest BCUT2D eigenvalue weighted by atomic mass is 32.2. The molecule has 1 aromatic rings. The molecule has 0 amide bonds. The van der Waals surface area contributed by atoms with Crippen LogP contribution < -0.4 is 5.32 Å². The number of rotatable bonds is 8. The summed E-state index contributed by atoms with van der Waals surface area (Å²) in [5.41, 5.74) is 0.940. The van der Waals surface area contributed by atoms with Crippen LogP contribution in [-0.4, -0.2) is 43.1 Å². The van der Waals surface area contributed by atoms with Crippen molar-refractivity contribution in [2.75, 3.05) is 20.1 Å². The van der Waals surface area contributed by atoms with E-state index in [9.17, 15) is 8.42 Å². The van der Waals surface area contributed by atoms with E-state index in [2.05, 4.69) is 17.2 Å². The molecule has 0 aliphatic rings. The standard InChI is InChI=1S/C13H23N3O2S/c1-4-7-15-10-12(2)19(17,18)16(3)11-13-5-8-14-9-6-13/h5-6,8-9,12,15H,4,7,10-11H2,1-3H3. The molecular weight excluding hydrogens is 262 g/mol. The van der Waals surface area contributed by atoms with Gasteiger partial charge in [0.15, 0.2) is 0 Å². The van der Waals surface area contributed by atoms with Gasteiger partial charge in [-0.05, 0) is 37.6 Å². The van der Waals surface area contributed by atoms with Gasteiger partial charge in [0.05, 0.1) is 5.25 Å². The Hall–Kier alpha value is -0.980. The molecule has 1 aromatic heterocycles. The minimum atomic E-state index is -3.27. The van der Waals surface area contributed by atoms with Crippen LogP contribution in [0.15, 0.2) is 24.5 Å². The van der Waals surface area contributed by atoms with Gasteiger partial charge in [-0.3, -0.25) is 4.98 Å². The molecule has 1 atom stereocenters. The lowest BCUT2D eigenvalue weighted by Gasteiger charge is -2.22. The maximum absolute atomic E-state index is 12.3. The maximum Gasteiger partial charge on any atom is 0.218 e. The Morgan fingerprint density at radius 3 is 2.58 bits per heavy atom. The third kappa shape index (κ3) is 4.89. The zero-order chi connectivity index (χ0) is 14.3. The number of nitrogens with zero attached hydrogens (tertiary/aromatic N) is 2. The molecule has 1 heterocycles. The van der Waals surface area contributed by atoms with E-state index >= 15 is 0 Å². The average Bonchev–Trinajstić information content (AvgIpc) is 2.40. The number of pyridine rings is 1. The Morgan fingerprint density at radius 1 is 1.37 bits per heavy atom. The Labute approximate surface area is 116 Å². The third-order valence-corrected chi connectivity index (χ3v) is 5.14. The molecule has 19 heavy (non-hydrogen) atoms. The average molecular weight is 285 g/mol. The van der Waals surface area contributed by atoms with Gasteiger partial charge in [0, 0.05) is 32.5 Å². The first-order valence-corrected chi connectivity index (χ1v) is 8.03. The fourth-order valence-corrected chi connectivity index (χ4v) is 3.00. The first-order chi connectivity index (χ1) is 8.98. The van der Waals surface area contributed by atoms with Gasteiger partial charge in [0.25, 0.3) is 0 Å². The Kier molecular flexibility index (Phi) is 6.41. The van der Waals surface area contributed by atoms with Gasteiger partial charge in [-0.15, -0.1) is 0 Å². The van der Waals surface area contributed by atoms with Crippen LogP contribution in [-0.2, 0) is 16.6 Å². The summed E-state index contributed by atoms with van der Waals surface area (Å²) in [7, 11) is -1.65. The van der Waals surface area contributed by atoms with Crippen molar-refractivity contribution in [3.8, 4) is 0 Å². The second-order valence-electron chi connectivity index (χ2n) is 4.67. The highest BCUT2D eigenvalue weighted by Crippen LogP contribution is 2.10. The number of nitrogens with one attached hydrogen (secondary N) is 1. The van der Waals surface area contributed by atoms with Gasteiger partial charge in [-0.25, -0.2) is 12.7 Å². The van der Waals surface area contributed by atoms with Crippen LogP contribution in [0.4, 0.5) is 0 Å². The van der Waals surface area contributed by atoms with E-state index in [1.54, 1.807) is 26.4 Å². The second-order valence-corrected chi connectivity index (χ2v) is 7.13. The summed E-state index contributed by atoms with van der Waals surface area (Å²) < 4.78 is 26.0. The van der Waals surface area contributed by atoms with Gasteiger partial charge in [0.2, 0.25) is 10.0 Å². The smallest absolute Gasteiger partial charge is 0.218 e. The van der Waals surface area contributed by atoms with Crippen molar-refractivity contribution in [3.63, 3.8) is 0 Å². The largest absolute Gasteiger partial charge is 0.315 e. The molecule has 0 bridgehead atoms. The molecule has 0 aliphatic carbocycles. The van der Waals surface area contributed by atoms with Crippen molar-refractivity contribution < 1.29 is 8.42 Å². The molecule has 1 rings (SSSR count). The first kappa shape index (κ1) is 16.1. The summed E-state index contributed by atoms with van der Waals surface area (Å²) in [6.07, 6.45) is 4.34. The van der Waals surface area contributed by atoms with E-state index in [0.29, 0.717) is 13.1 Å². The SMILES string of the molecule is CCCNCC(C)S(=O)(=O)N(C)Cc1ccncc1. The molecule has 6 heteroatoms. The summed E-state index contributed by atoms with van der Waals surface area (Å²) >= 11 is 0. The predicted octanol–water partition coefficient (Wildman–Crippen LogP) is 1.23. The fourth-order valence-electron chi connectivity index (χ4n) is 1.73. The van der Waals surface area contributed by atoms with E-state index in [1.807, 2.05) is 12.1 Å². The number of hydrogen-bond acceptors (Lipinski definition) is 4. The Balaban J connectivity index is 2.60. The van der Waals surface area contributed by atoms with Crippen LogP contribution in [0.3, 0.4) is 0 Å². The highest BCUT2D eigenvalue weighted by molar-refractivity contribution is 7.89. The van der Waals surface area contributed by atoms with E-state index in [-0.39, 0.29) is 0 Å². The molecule has 0 fully saturated rings. The molecule has 0 saturated carbocycles. The van der Waals surface area contributed by atoms with E-state index in [1.165, 1.54) is 4.31 Å². The van der Waals surface area contributed by atoms with Gasteiger partial charge in [-0.2, -0.15) is 0 Å². The molecule has 1 N–H and O–H groups in total. The summed E-state index contributed by atoms with van der Waals surface area (Å²) in [5.74, 6) is 0. The van der Waals surface area contributed by atoms with Crippen LogP contribution in [0.5, 0.6) is 0 Å². The maximum atomic E-state index is 12.3. The minimum absolute atomic E-state index is 0.378. The van der Waals surface area contributed by atoms with Crippen molar-refractivity contribution in [2.24, 2.45) is 0 Å². The topological polar surface area (TPSA) is 62.3 Å². The summed E-state index contributed by atoms with van der Waals surface area (Å²) in [5, 5.41) is 2.72. The monoisotopic (exact) mass is 285 g/mol. The van der Waals surface area contributed by atoms with Crippen molar-refractivity contribution in [3.05, 3.63) is 30.1 Å². The minimum Gasteiger partial charge on any atom is -0.315 e. The van der Waals surface area contributed by atoms with Crippen molar-refractivity contribution in [2.45, 2.75) is 32.1 Å². The van der Waals surface area contributed by atoms with Crippen LogP contribution in [0.25, 0.3) is 0 Å². The molecular formula is C13H23N3O2S. The summed E-state index contributed by atoms with van der Waals surface area (Å²) in [6, 6.07) is 3.65. The number of sulfonamides is 1. The number of aromatic nitrogens is 1. The van der Waals surface area contributed by atoms with Crippen LogP contribution in [0.1, 0.15) is 25.8 Å². The molecule has 0 aliphatic heterocycles. The van der Waals surface area contributed by atoms with Crippen molar-refractivity contribution >= 4 is 10.0 Å².